The van der Waals surface area contributed by atoms with Crippen LogP contribution in [0.1, 0.15) is 25.3 Å². The van der Waals surface area contributed by atoms with Crippen molar-refractivity contribution in [3.63, 3.8) is 0 Å². The standard InChI is InChI=1S/C15H20N4O3.ClH/c1-3-22-14(21)10-4-6-19(7-5-10)15-16-9-11-8-12(20)18(2)13(11)17-15;/h9-10H,3-8H2,1-2H3;1H. The third-order valence-corrected chi connectivity index (χ3v) is 4.26. The van der Waals surface area contributed by atoms with Crippen LogP contribution in [0.2, 0.25) is 0 Å². The van der Waals surface area contributed by atoms with Gasteiger partial charge in [0.05, 0.1) is 18.9 Å². The zero-order valence-corrected chi connectivity index (χ0v) is 14.1. The molecule has 1 amide bonds. The Morgan fingerprint density at radius 3 is 2.74 bits per heavy atom. The first kappa shape index (κ1) is 17.5. The van der Waals surface area contributed by atoms with Crippen molar-refractivity contribution in [3.8, 4) is 0 Å². The number of fused-ring (bicyclic) bond motifs is 1. The van der Waals surface area contributed by atoms with Crippen LogP contribution in [0.25, 0.3) is 0 Å². The van der Waals surface area contributed by atoms with Gasteiger partial charge in [0.25, 0.3) is 0 Å². The molecule has 0 bridgehead atoms. The highest BCUT2D eigenvalue weighted by molar-refractivity contribution is 5.99. The fourth-order valence-corrected chi connectivity index (χ4v) is 2.93. The molecule has 1 aromatic heterocycles. The molecule has 1 fully saturated rings. The minimum absolute atomic E-state index is 0. The molecule has 0 aromatic carbocycles. The van der Waals surface area contributed by atoms with Crippen LogP contribution in [0.5, 0.6) is 0 Å². The lowest BCUT2D eigenvalue weighted by Crippen LogP contribution is -2.38. The van der Waals surface area contributed by atoms with Crippen molar-refractivity contribution in [1.29, 1.82) is 0 Å². The molecular formula is C15H21ClN4O3. The first-order chi connectivity index (χ1) is 10.6. The van der Waals surface area contributed by atoms with E-state index in [1.54, 1.807) is 18.1 Å². The van der Waals surface area contributed by atoms with Gasteiger partial charge in [0.1, 0.15) is 5.82 Å². The summed E-state index contributed by atoms with van der Waals surface area (Å²) in [5, 5.41) is 0. The lowest BCUT2D eigenvalue weighted by Gasteiger charge is -2.31. The predicted molar refractivity (Wildman–Crippen MR) is 88.0 cm³/mol. The topological polar surface area (TPSA) is 75.6 Å². The second-order valence-electron chi connectivity index (χ2n) is 5.66. The molecule has 3 heterocycles. The molecular weight excluding hydrogens is 320 g/mol. The predicted octanol–water partition coefficient (Wildman–Crippen LogP) is 1.20. The van der Waals surface area contributed by atoms with E-state index in [2.05, 4.69) is 14.9 Å². The molecule has 0 N–H and O–H groups in total. The molecule has 0 atom stereocenters. The largest absolute Gasteiger partial charge is 0.466 e. The second kappa shape index (κ2) is 7.12. The van der Waals surface area contributed by atoms with E-state index < -0.39 is 0 Å². The van der Waals surface area contributed by atoms with E-state index in [4.69, 9.17) is 4.74 Å². The molecule has 3 rings (SSSR count). The number of likely N-dealkylation sites (N-methyl/N-ethyl adjacent to an activating group) is 1. The highest BCUT2D eigenvalue weighted by Crippen LogP contribution is 2.28. The van der Waals surface area contributed by atoms with Crippen LogP contribution in [-0.4, -0.2) is 48.6 Å². The molecule has 8 heteroatoms. The maximum absolute atomic E-state index is 11.8. The molecule has 0 unspecified atom stereocenters. The van der Waals surface area contributed by atoms with Gasteiger partial charge >= 0.3 is 5.97 Å². The van der Waals surface area contributed by atoms with Gasteiger partial charge in [-0.05, 0) is 19.8 Å². The van der Waals surface area contributed by atoms with Crippen molar-refractivity contribution in [2.24, 2.45) is 5.92 Å². The third-order valence-electron chi connectivity index (χ3n) is 4.26. The summed E-state index contributed by atoms with van der Waals surface area (Å²) in [7, 11) is 1.73. The highest BCUT2D eigenvalue weighted by Gasteiger charge is 2.30. The lowest BCUT2D eigenvalue weighted by atomic mass is 9.97. The van der Waals surface area contributed by atoms with E-state index >= 15 is 0 Å². The Hall–Kier alpha value is -1.89. The number of rotatable bonds is 3. The van der Waals surface area contributed by atoms with Gasteiger partial charge in [0, 0.05) is 31.9 Å². The average molecular weight is 341 g/mol. The lowest BCUT2D eigenvalue weighted by molar-refractivity contribution is -0.148. The summed E-state index contributed by atoms with van der Waals surface area (Å²) in [6, 6.07) is 0. The number of esters is 1. The minimum Gasteiger partial charge on any atom is -0.466 e. The summed E-state index contributed by atoms with van der Waals surface area (Å²) >= 11 is 0. The first-order valence-corrected chi connectivity index (χ1v) is 7.64. The fraction of sp³-hybridized carbons (Fsp3) is 0.600. The molecule has 2 aliphatic rings. The molecule has 0 radical (unpaired) electrons. The summed E-state index contributed by atoms with van der Waals surface area (Å²) in [5.74, 6) is 1.23. The van der Waals surface area contributed by atoms with Crippen LogP contribution < -0.4 is 9.80 Å². The van der Waals surface area contributed by atoms with Crippen LogP contribution in [0.3, 0.4) is 0 Å². The summed E-state index contributed by atoms with van der Waals surface area (Å²) in [4.78, 5) is 36.0. The molecule has 23 heavy (non-hydrogen) atoms. The number of carbonyl (C=O) groups excluding carboxylic acids is 2. The van der Waals surface area contributed by atoms with E-state index in [0.29, 0.717) is 24.8 Å². The molecule has 0 spiro atoms. The number of carbonyl (C=O) groups is 2. The van der Waals surface area contributed by atoms with E-state index in [0.717, 1.165) is 31.5 Å². The van der Waals surface area contributed by atoms with Gasteiger partial charge in [-0.1, -0.05) is 0 Å². The average Bonchev–Trinajstić information content (AvgIpc) is 2.82. The Kier molecular flexibility index (Phi) is 5.41. The van der Waals surface area contributed by atoms with Crippen molar-refractivity contribution < 1.29 is 14.3 Å². The van der Waals surface area contributed by atoms with Gasteiger partial charge in [0.2, 0.25) is 11.9 Å². The minimum atomic E-state index is -0.109. The maximum Gasteiger partial charge on any atom is 0.309 e. The monoisotopic (exact) mass is 340 g/mol. The Balaban J connectivity index is 0.00000192. The maximum atomic E-state index is 11.8. The van der Waals surface area contributed by atoms with Crippen molar-refractivity contribution in [2.45, 2.75) is 26.2 Å². The number of anilines is 2. The molecule has 126 valence electrons. The number of aromatic nitrogens is 2. The number of amides is 1. The molecule has 0 saturated carbocycles. The smallest absolute Gasteiger partial charge is 0.309 e. The van der Waals surface area contributed by atoms with Crippen molar-refractivity contribution >= 4 is 36.0 Å². The quantitative estimate of drug-likeness (QED) is 0.769. The second-order valence-corrected chi connectivity index (χ2v) is 5.66. The molecule has 1 aromatic rings. The Bertz CT molecular complexity index is 602. The Morgan fingerprint density at radius 2 is 2.09 bits per heavy atom. The molecule has 2 aliphatic heterocycles. The highest BCUT2D eigenvalue weighted by atomic mass is 35.5. The van der Waals surface area contributed by atoms with E-state index in [9.17, 15) is 9.59 Å². The zero-order valence-electron chi connectivity index (χ0n) is 13.3. The van der Waals surface area contributed by atoms with E-state index in [1.807, 2.05) is 6.92 Å². The van der Waals surface area contributed by atoms with Crippen molar-refractivity contribution in [3.05, 3.63) is 11.8 Å². The summed E-state index contributed by atoms with van der Waals surface area (Å²) in [6.45, 7) is 3.69. The van der Waals surface area contributed by atoms with E-state index in [1.165, 1.54) is 0 Å². The van der Waals surface area contributed by atoms with Gasteiger partial charge < -0.3 is 9.64 Å². The Morgan fingerprint density at radius 1 is 1.39 bits per heavy atom. The number of piperidine rings is 1. The van der Waals surface area contributed by atoms with Crippen LogP contribution in [-0.2, 0) is 20.7 Å². The van der Waals surface area contributed by atoms with Gasteiger partial charge in [0.15, 0.2) is 0 Å². The van der Waals surface area contributed by atoms with Crippen LogP contribution in [0.4, 0.5) is 11.8 Å². The Labute approximate surface area is 141 Å². The first-order valence-electron chi connectivity index (χ1n) is 7.64. The van der Waals surface area contributed by atoms with Gasteiger partial charge in [-0.3, -0.25) is 14.5 Å². The van der Waals surface area contributed by atoms with Crippen LogP contribution >= 0.6 is 12.4 Å². The molecule has 1 saturated heterocycles. The number of halogens is 1. The summed E-state index contributed by atoms with van der Waals surface area (Å²) in [5.41, 5.74) is 0.873. The molecule has 7 nitrogen and oxygen atoms in total. The molecule has 0 aliphatic carbocycles. The summed E-state index contributed by atoms with van der Waals surface area (Å²) in [6.07, 6.45) is 3.59. The fourth-order valence-electron chi connectivity index (χ4n) is 2.93. The number of hydrogen-bond acceptors (Lipinski definition) is 6. The van der Waals surface area contributed by atoms with Crippen molar-refractivity contribution in [1.82, 2.24) is 9.97 Å². The normalized spacial score (nSPS) is 17.7. The third kappa shape index (κ3) is 3.39. The van der Waals surface area contributed by atoms with Crippen molar-refractivity contribution in [2.75, 3.05) is 36.5 Å². The van der Waals surface area contributed by atoms with E-state index in [-0.39, 0.29) is 30.2 Å². The number of nitrogens with zero attached hydrogens (tertiary/aromatic N) is 4. The van der Waals surface area contributed by atoms with Gasteiger partial charge in [-0.15, -0.1) is 12.4 Å². The van der Waals surface area contributed by atoms with Gasteiger partial charge in [-0.25, -0.2) is 4.98 Å². The summed E-state index contributed by atoms with van der Waals surface area (Å²) < 4.78 is 5.08. The zero-order chi connectivity index (χ0) is 15.7. The number of ether oxygens (including phenoxy) is 1. The van der Waals surface area contributed by atoms with Crippen LogP contribution in [0, 0.1) is 5.92 Å². The van der Waals surface area contributed by atoms with Crippen LogP contribution in [0.15, 0.2) is 6.20 Å². The van der Waals surface area contributed by atoms with Gasteiger partial charge in [-0.2, -0.15) is 4.98 Å². The SMILES string of the molecule is CCOC(=O)C1CCN(c2ncc3c(n2)N(C)C(=O)C3)CC1.Cl. The number of hydrogen-bond donors (Lipinski definition) is 0.